The maximum atomic E-state index is 12.5. The van der Waals surface area contributed by atoms with Crippen LogP contribution < -0.4 is 10.2 Å². The number of hydrogen-bond acceptors (Lipinski definition) is 4. The van der Waals surface area contributed by atoms with Gasteiger partial charge in [0.15, 0.2) is 0 Å². The van der Waals surface area contributed by atoms with E-state index in [0.29, 0.717) is 6.54 Å². The fourth-order valence-electron chi connectivity index (χ4n) is 3.54. The van der Waals surface area contributed by atoms with Crippen LogP contribution in [-0.4, -0.2) is 40.6 Å². The van der Waals surface area contributed by atoms with Gasteiger partial charge < -0.3 is 14.8 Å². The first-order chi connectivity index (χ1) is 12.6. The second-order valence-corrected chi connectivity index (χ2v) is 7.05. The van der Waals surface area contributed by atoms with Crippen LogP contribution in [0.25, 0.3) is 10.9 Å². The van der Waals surface area contributed by atoms with Crippen molar-refractivity contribution in [3.8, 4) is 0 Å². The molecular formula is C20H23N5O. The van der Waals surface area contributed by atoms with Crippen LogP contribution in [0.4, 0.5) is 5.95 Å². The Balaban J connectivity index is 1.41. The molecule has 0 saturated carbocycles. The number of rotatable bonds is 4. The number of aryl methyl sites for hydroxylation is 1. The highest BCUT2D eigenvalue weighted by Gasteiger charge is 2.22. The van der Waals surface area contributed by atoms with Gasteiger partial charge in [0.1, 0.15) is 6.54 Å². The first kappa shape index (κ1) is 16.6. The minimum absolute atomic E-state index is 0.0469. The molecule has 6 nitrogen and oxygen atoms in total. The number of carbonyl (C=O) groups is 1. The number of benzene rings is 1. The van der Waals surface area contributed by atoms with E-state index in [4.69, 9.17) is 0 Å². The van der Waals surface area contributed by atoms with E-state index in [9.17, 15) is 4.79 Å². The molecule has 2 aromatic heterocycles. The maximum Gasteiger partial charge on any atom is 0.240 e. The quantitative estimate of drug-likeness (QED) is 0.784. The highest BCUT2D eigenvalue weighted by Crippen LogP contribution is 2.21. The van der Waals surface area contributed by atoms with Gasteiger partial charge in [0.05, 0.1) is 0 Å². The number of nitrogens with one attached hydrogen (secondary N) is 1. The topological polar surface area (TPSA) is 63.1 Å². The Kier molecular flexibility index (Phi) is 4.32. The summed E-state index contributed by atoms with van der Waals surface area (Å²) >= 11 is 0. The summed E-state index contributed by atoms with van der Waals surface area (Å²) in [7, 11) is 3.89. The zero-order chi connectivity index (χ0) is 18.1. The second-order valence-electron chi connectivity index (χ2n) is 7.05. The molecule has 0 aliphatic heterocycles. The molecule has 0 radical (unpaired) electrons. The standard InChI is InChI=1S/C20H23N5O/c1-24(2)20-21-12-15-11-16(7-8-17(15)23-20)22-19(26)13-25-10-9-14-5-3-4-6-18(14)25/h3-6,9-10,12,16H,7-8,11,13H2,1-2H3,(H,22,26). The molecule has 4 rings (SSSR count). The van der Waals surface area contributed by atoms with Crippen molar-refractivity contribution >= 4 is 22.8 Å². The van der Waals surface area contributed by atoms with Crippen LogP contribution in [0.15, 0.2) is 42.7 Å². The zero-order valence-corrected chi connectivity index (χ0v) is 15.1. The summed E-state index contributed by atoms with van der Waals surface area (Å²) in [6.07, 6.45) is 6.44. The van der Waals surface area contributed by atoms with Crippen molar-refractivity contribution in [1.29, 1.82) is 0 Å². The minimum atomic E-state index is 0.0469. The smallest absolute Gasteiger partial charge is 0.240 e. The first-order valence-corrected chi connectivity index (χ1v) is 8.95. The number of anilines is 1. The van der Waals surface area contributed by atoms with Crippen LogP contribution in [-0.2, 0) is 24.2 Å². The lowest BCUT2D eigenvalue weighted by atomic mass is 9.93. The van der Waals surface area contributed by atoms with Gasteiger partial charge in [-0.05, 0) is 42.3 Å². The lowest BCUT2D eigenvalue weighted by Crippen LogP contribution is -2.40. The molecule has 134 valence electrons. The number of aromatic nitrogens is 3. The average molecular weight is 349 g/mol. The van der Waals surface area contributed by atoms with E-state index in [0.717, 1.165) is 47.4 Å². The summed E-state index contributed by atoms with van der Waals surface area (Å²) < 4.78 is 1.99. The average Bonchev–Trinajstić information content (AvgIpc) is 3.04. The highest BCUT2D eigenvalue weighted by molar-refractivity contribution is 5.83. The molecule has 0 bridgehead atoms. The predicted molar refractivity (Wildman–Crippen MR) is 102 cm³/mol. The summed E-state index contributed by atoms with van der Waals surface area (Å²) in [6.45, 7) is 0.340. The van der Waals surface area contributed by atoms with E-state index in [1.54, 1.807) is 0 Å². The van der Waals surface area contributed by atoms with Crippen LogP contribution in [0.5, 0.6) is 0 Å². The van der Waals surface area contributed by atoms with Gasteiger partial charge >= 0.3 is 0 Å². The van der Waals surface area contributed by atoms with Gasteiger partial charge in [-0.3, -0.25) is 4.79 Å². The lowest BCUT2D eigenvalue weighted by molar-refractivity contribution is -0.122. The Morgan fingerprint density at radius 3 is 3.00 bits per heavy atom. The minimum Gasteiger partial charge on any atom is -0.351 e. The van der Waals surface area contributed by atoms with E-state index < -0.39 is 0 Å². The maximum absolute atomic E-state index is 12.5. The molecule has 2 heterocycles. The molecule has 1 unspecified atom stereocenters. The molecule has 1 aliphatic rings. The van der Waals surface area contributed by atoms with Crippen LogP contribution in [0.3, 0.4) is 0 Å². The van der Waals surface area contributed by atoms with E-state index in [-0.39, 0.29) is 11.9 Å². The third kappa shape index (κ3) is 3.27. The van der Waals surface area contributed by atoms with Gasteiger partial charge in [-0.1, -0.05) is 18.2 Å². The van der Waals surface area contributed by atoms with Crippen LogP contribution in [0.1, 0.15) is 17.7 Å². The summed E-state index contributed by atoms with van der Waals surface area (Å²) in [5, 5.41) is 4.33. The van der Waals surface area contributed by atoms with Crippen molar-refractivity contribution in [2.75, 3.05) is 19.0 Å². The summed E-state index contributed by atoms with van der Waals surface area (Å²) in [5.41, 5.74) is 3.32. The number of amides is 1. The van der Waals surface area contributed by atoms with Gasteiger partial charge in [-0.2, -0.15) is 0 Å². The van der Waals surface area contributed by atoms with Crippen molar-refractivity contribution in [2.45, 2.75) is 31.8 Å². The Bertz CT molecular complexity index is 946. The fraction of sp³-hybridized carbons (Fsp3) is 0.350. The summed E-state index contributed by atoms with van der Waals surface area (Å²) in [6, 6.07) is 10.3. The largest absolute Gasteiger partial charge is 0.351 e. The number of fused-ring (bicyclic) bond motifs is 2. The molecule has 1 aliphatic carbocycles. The number of carbonyl (C=O) groups excluding carboxylic acids is 1. The molecule has 3 aromatic rings. The molecular weight excluding hydrogens is 326 g/mol. The Morgan fingerprint density at radius 1 is 1.31 bits per heavy atom. The molecule has 1 N–H and O–H groups in total. The van der Waals surface area contributed by atoms with Gasteiger partial charge in [0.25, 0.3) is 0 Å². The van der Waals surface area contributed by atoms with Crippen molar-refractivity contribution in [3.05, 3.63) is 54.0 Å². The first-order valence-electron chi connectivity index (χ1n) is 8.95. The molecule has 1 aromatic carbocycles. The number of hydrogen-bond donors (Lipinski definition) is 1. The number of nitrogens with zero attached hydrogens (tertiary/aromatic N) is 4. The zero-order valence-electron chi connectivity index (χ0n) is 15.1. The normalized spacial score (nSPS) is 16.3. The highest BCUT2D eigenvalue weighted by atomic mass is 16.2. The third-order valence-electron chi connectivity index (χ3n) is 4.90. The Labute approximate surface area is 152 Å². The van der Waals surface area contributed by atoms with Gasteiger partial charge in [-0.25, -0.2) is 9.97 Å². The molecule has 0 saturated heterocycles. The van der Waals surface area contributed by atoms with Crippen molar-refractivity contribution in [2.24, 2.45) is 0 Å². The number of para-hydroxylation sites is 1. The molecule has 1 atom stereocenters. The SMILES string of the molecule is CN(C)c1ncc2c(n1)CCC(NC(=O)Cn1ccc3ccccc31)C2. The molecule has 26 heavy (non-hydrogen) atoms. The van der Waals surface area contributed by atoms with Gasteiger partial charge in [0.2, 0.25) is 11.9 Å². The second kappa shape index (κ2) is 6.78. The van der Waals surface area contributed by atoms with Crippen molar-refractivity contribution < 1.29 is 4.79 Å². The van der Waals surface area contributed by atoms with Crippen molar-refractivity contribution in [1.82, 2.24) is 19.9 Å². The molecule has 0 spiro atoms. The van der Waals surface area contributed by atoms with Gasteiger partial charge in [0, 0.05) is 43.7 Å². The van der Waals surface area contributed by atoms with E-state index in [1.165, 1.54) is 0 Å². The van der Waals surface area contributed by atoms with Gasteiger partial charge in [-0.15, -0.1) is 0 Å². The van der Waals surface area contributed by atoms with E-state index in [1.807, 2.05) is 60.2 Å². The van der Waals surface area contributed by atoms with Crippen molar-refractivity contribution in [3.63, 3.8) is 0 Å². The third-order valence-corrected chi connectivity index (χ3v) is 4.90. The molecule has 6 heteroatoms. The summed E-state index contributed by atoms with van der Waals surface area (Å²) in [4.78, 5) is 23.4. The monoisotopic (exact) mass is 349 g/mol. The van der Waals surface area contributed by atoms with Crippen LogP contribution >= 0.6 is 0 Å². The Hall–Kier alpha value is -2.89. The fourth-order valence-corrected chi connectivity index (χ4v) is 3.54. The predicted octanol–water partition coefficient (Wildman–Crippen LogP) is 2.17. The van der Waals surface area contributed by atoms with E-state index in [2.05, 4.69) is 21.4 Å². The van der Waals surface area contributed by atoms with Crippen LogP contribution in [0.2, 0.25) is 0 Å². The summed E-state index contributed by atoms with van der Waals surface area (Å²) in [5.74, 6) is 0.788. The molecule has 1 amide bonds. The van der Waals surface area contributed by atoms with E-state index >= 15 is 0 Å². The Morgan fingerprint density at radius 2 is 2.15 bits per heavy atom. The van der Waals surface area contributed by atoms with Crippen LogP contribution in [0, 0.1) is 0 Å². The lowest BCUT2D eigenvalue weighted by Gasteiger charge is -2.25. The molecule has 0 fully saturated rings.